The molecular formula is C15H21NO2. The molecule has 1 aromatic carbocycles. The largest absolute Gasteiger partial charge is 0.485 e. The Kier molecular flexibility index (Phi) is 3.04. The Morgan fingerprint density at radius 2 is 2.39 bits per heavy atom. The van der Waals surface area contributed by atoms with Crippen molar-refractivity contribution >= 4 is 0 Å². The van der Waals surface area contributed by atoms with Crippen molar-refractivity contribution in [3.05, 3.63) is 29.3 Å². The number of rotatable bonds is 2. The van der Waals surface area contributed by atoms with Gasteiger partial charge in [0.15, 0.2) is 0 Å². The van der Waals surface area contributed by atoms with Crippen LogP contribution in [0, 0.1) is 0 Å². The maximum absolute atomic E-state index is 6.27. The first kappa shape index (κ1) is 12.0. The zero-order valence-corrected chi connectivity index (χ0v) is 11.2. The summed E-state index contributed by atoms with van der Waals surface area (Å²) in [6, 6.07) is 6.51. The molecule has 0 aliphatic carbocycles. The third kappa shape index (κ3) is 1.91. The van der Waals surface area contributed by atoms with Crippen LogP contribution in [0.1, 0.15) is 37.0 Å². The lowest BCUT2D eigenvalue weighted by atomic mass is 9.87. The van der Waals surface area contributed by atoms with Crippen molar-refractivity contribution < 1.29 is 9.47 Å². The van der Waals surface area contributed by atoms with Crippen LogP contribution in [-0.4, -0.2) is 25.8 Å². The highest BCUT2D eigenvalue weighted by atomic mass is 16.5. The van der Waals surface area contributed by atoms with Crippen LogP contribution in [0.4, 0.5) is 0 Å². The van der Waals surface area contributed by atoms with Crippen molar-refractivity contribution in [1.29, 1.82) is 0 Å². The van der Waals surface area contributed by atoms with Crippen molar-refractivity contribution in [2.75, 3.05) is 20.2 Å². The second-order valence-corrected chi connectivity index (χ2v) is 5.37. The minimum Gasteiger partial charge on any atom is -0.485 e. The summed E-state index contributed by atoms with van der Waals surface area (Å²) < 4.78 is 12.0. The maximum atomic E-state index is 6.27. The molecule has 2 heterocycles. The van der Waals surface area contributed by atoms with Crippen LogP contribution in [0.15, 0.2) is 18.2 Å². The molecule has 1 aromatic rings. The molecule has 1 spiro atoms. The first-order valence-electron chi connectivity index (χ1n) is 6.82. The Hall–Kier alpha value is -1.06. The minimum absolute atomic E-state index is 0.0542. The predicted molar refractivity (Wildman–Crippen MR) is 71.0 cm³/mol. The summed E-state index contributed by atoms with van der Waals surface area (Å²) in [5, 5.41) is 3.40. The zero-order chi connectivity index (χ0) is 12.6. The molecule has 2 unspecified atom stereocenters. The van der Waals surface area contributed by atoms with Gasteiger partial charge in [-0.3, -0.25) is 0 Å². The number of ether oxygens (including phenoxy) is 2. The fraction of sp³-hybridized carbons (Fsp3) is 0.600. The molecule has 1 fully saturated rings. The maximum Gasteiger partial charge on any atom is 0.126 e. The Labute approximate surface area is 108 Å². The van der Waals surface area contributed by atoms with Crippen molar-refractivity contribution in [2.45, 2.75) is 37.9 Å². The van der Waals surface area contributed by atoms with Crippen molar-refractivity contribution in [2.24, 2.45) is 0 Å². The van der Waals surface area contributed by atoms with Crippen LogP contribution in [0.3, 0.4) is 0 Å². The average molecular weight is 247 g/mol. The molecule has 0 aromatic heterocycles. The van der Waals surface area contributed by atoms with Gasteiger partial charge in [-0.2, -0.15) is 0 Å². The van der Waals surface area contributed by atoms with Crippen LogP contribution in [-0.2, 0) is 11.2 Å². The molecule has 2 aliphatic rings. The second kappa shape index (κ2) is 4.56. The SMILES string of the molecule is CCc1ccc2c(c1)C(OC)CC1(CCNC1)O2. The highest BCUT2D eigenvalue weighted by Crippen LogP contribution is 2.43. The normalized spacial score (nSPS) is 30.2. The van der Waals surface area contributed by atoms with E-state index in [9.17, 15) is 0 Å². The van der Waals surface area contributed by atoms with Gasteiger partial charge < -0.3 is 14.8 Å². The lowest BCUT2D eigenvalue weighted by Gasteiger charge is -2.39. The first-order chi connectivity index (χ1) is 8.76. The van der Waals surface area contributed by atoms with Crippen LogP contribution in [0.5, 0.6) is 5.75 Å². The molecule has 98 valence electrons. The van der Waals surface area contributed by atoms with Gasteiger partial charge in [-0.1, -0.05) is 13.0 Å². The summed E-state index contributed by atoms with van der Waals surface area (Å²) in [7, 11) is 1.80. The molecule has 1 saturated heterocycles. The molecule has 0 amide bonds. The molecule has 0 saturated carbocycles. The number of nitrogens with one attached hydrogen (secondary N) is 1. The summed E-state index contributed by atoms with van der Waals surface area (Å²) in [5.41, 5.74) is 2.51. The van der Waals surface area contributed by atoms with E-state index in [1.54, 1.807) is 7.11 Å². The fourth-order valence-corrected chi connectivity index (χ4v) is 3.08. The van der Waals surface area contributed by atoms with E-state index in [4.69, 9.17) is 9.47 Å². The summed E-state index contributed by atoms with van der Waals surface area (Å²) in [5.74, 6) is 1.01. The fourth-order valence-electron chi connectivity index (χ4n) is 3.08. The van der Waals surface area contributed by atoms with Gasteiger partial charge in [-0.25, -0.2) is 0 Å². The van der Waals surface area contributed by atoms with E-state index in [-0.39, 0.29) is 11.7 Å². The Morgan fingerprint density at radius 1 is 1.50 bits per heavy atom. The van der Waals surface area contributed by atoms with Gasteiger partial charge in [0.2, 0.25) is 0 Å². The third-order valence-corrected chi connectivity index (χ3v) is 4.20. The molecular weight excluding hydrogens is 226 g/mol. The van der Waals surface area contributed by atoms with Gasteiger partial charge in [0, 0.05) is 32.1 Å². The van der Waals surface area contributed by atoms with Gasteiger partial charge in [0.1, 0.15) is 11.4 Å². The number of hydrogen-bond acceptors (Lipinski definition) is 3. The van der Waals surface area contributed by atoms with Crippen LogP contribution < -0.4 is 10.1 Å². The van der Waals surface area contributed by atoms with E-state index in [1.807, 2.05) is 0 Å². The van der Waals surface area contributed by atoms with E-state index in [0.29, 0.717) is 0 Å². The van der Waals surface area contributed by atoms with Gasteiger partial charge in [0.05, 0.1) is 6.10 Å². The summed E-state index contributed by atoms with van der Waals surface area (Å²) in [6.45, 7) is 4.15. The van der Waals surface area contributed by atoms with Crippen molar-refractivity contribution in [3.8, 4) is 5.75 Å². The average Bonchev–Trinajstić information content (AvgIpc) is 2.85. The van der Waals surface area contributed by atoms with E-state index >= 15 is 0 Å². The lowest BCUT2D eigenvalue weighted by Crippen LogP contribution is -2.43. The Bertz CT molecular complexity index is 438. The Balaban J connectivity index is 1.98. The van der Waals surface area contributed by atoms with Gasteiger partial charge in [0.25, 0.3) is 0 Å². The smallest absolute Gasteiger partial charge is 0.126 e. The number of methoxy groups -OCH3 is 1. The van der Waals surface area contributed by atoms with E-state index in [1.165, 1.54) is 11.1 Å². The Morgan fingerprint density at radius 3 is 3.06 bits per heavy atom. The monoisotopic (exact) mass is 247 g/mol. The van der Waals surface area contributed by atoms with Crippen LogP contribution in [0.2, 0.25) is 0 Å². The highest BCUT2D eigenvalue weighted by molar-refractivity contribution is 5.41. The lowest BCUT2D eigenvalue weighted by molar-refractivity contribution is -0.0203. The second-order valence-electron chi connectivity index (χ2n) is 5.37. The van der Waals surface area contributed by atoms with E-state index in [2.05, 4.69) is 30.4 Å². The highest BCUT2D eigenvalue weighted by Gasteiger charge is 2.43. The molecule has 2 atom stereocenters. The van der Waals surface area contributed by atoms with Crippen LogP contribution in [0.25, 0.3) is 0 Å². The molecule has 3 heteroatoms. The summed E-state index contributed by atoms with van der Waals surface area (Å²) in [6.07, 6.45) is 3.25. The molecule has 0 bridgehead atoms. The molecule has 18 heavy (non-hydrogen) atoms. The van der Waals surface area contributed by atoms with Gasteiger partial charge in [-0.05, 0) is 30.7 Å². The summed E-state index contributed by atoms with van der Waals surface area (Å²) >= 11 is 0. The molecule has 2 aliphatic heterocycles. The number of fused-ring (bicyclic) bond motifs is 1. The third-order valence-electron chi connectivity index (χ3n) is 4.20. The van der Waals surface area contributed by atoms with Crippen molar-refractivity contribution in [3.63, 3.8) is 0 Å². The topological polar surface area (TPSA) is 30.5 Å². The molecule has 3 nitrogen and oxygen atoms in total. The first-order valence-corrected chi connectivity index (χ1v) is 6.82. The predicted octanol–water partition coefficient (Wildman–Crippen LogP) is 2.45. The van der Waals surface area contributed by atoms with Crippen molar-refractivity contribution in [1.82, 2.24) is 5.32 Å². The minimum atomic E-state index is -0.0542. The number of benzene rings is 1. The number of hydrogen-bond donors (Lipinski definition) is 1. The van der Waals surface area contributed by atoms with E-state index < -0.39 is 0 Å². The summed E-state index contributed by atoms with van der Waals surface area (Å²) in [4.78, 5) is 0. The zero-order valence-electron chi connectivity index (χ0n) is 11.2. The van der Waals surface area contributed by atoms with E-state index in [0.717, 1.165) is 38.1 Å². The standard InChI is InChI=1S/C15H21NO2/c1-3-11-4-5-13-12(8-11)14(17-2)9-15(18-13)6-7-16-10-15/h4-5,8,14,16H,3,6-7,9-10H2,1-2H3. The molecule has 0 radical (unpaired) electrons. The van der Waals surface area contributed by atoms with Gasteiger partial charge in [-0.15, -0.1) is 0 Å². The molecule has 3 rings (SSSR count). The quantitative estimate of drug-likeness (QED) is 0.870. The number of aryl methyl sites for hydroxylation is 1. The molecule has 1 N–H and O–H groups in total. The van der Waals surface area contributed by atoms with Crippen LogP contribution >= 0.6 is 0 Å². The van der Waals surface area contributed by atoms with Gasteiger partial charge >= 0.3 is 0 Å².